The Morgan fingerprint density at radius 1 is 1.03 bits per heavy atom. The number of rotatable bonds is 5. The van der Waals surface area contributed by atoms with E-state index in [0.717, 1.165) is 37.1 Å². The van der Waals surface area contributed by atoms with E-state index in [2.05, 4.69) is 23.3 Å². The van der Waals surface area contributed by atoms with Crippen LogP contribution >= 0.6 is 0 Å². The second kappa shape index (κ2) is 9.51. The molecule has 1 fully saturated rings. The Labute approximate surface area is 225 Å². The first-order valence-corrected chi connectivity index (χ1v) is 13.5. The summed E-state index contributed by atoms with van der Waals surface area (Å²) in [5.74, 6) is -0.595. The van der Waals surface area contributed by atoms with E-state index in [4.69, 9.17) is 4.98 Å². The molecular formula is C31H31F4NO3. The summed E-state index contributed by atoms with van der Waals surface area (Å²) in [6.45, 7) is 4.20. The third kappa shape index (κ3) is 4.99. The van der Waals surface area contributed by atoms with Crippen molar-refractivity contribution >= 4 is 0 Å². The maximum absolute atomic E-state index is 16.1. The summed E-state index contributed by atoms with van der Waals surface area (Å²) < 4.78 is 66.2. The van der Waals surface area contributed by atoms with E-state index in [1.54, 1.807) is 12.1 Å². The van der Waals surface area contributed by atoms with Crippen molar-refractivity contribution in [3.63, 3.8) is 0 Å². The second-order valence-corrected chi connectivity index (χ2v) is 11.8. The molecule has 6 rings (SSSR count). The molecule has 2 atom stereocenters. The van der Waals surface area contributed by atoms with Gasteiger partial charge in [0.05, 0.1) is 6.10 Å². The molecular weight excluding hydrogens is 510 g/mol. The van der Waals surface area contributed by atoms with Crippen LogP contribution in [0.25, 0.3) is 11.1 Å². The minimum atomic E-state index is -3.79. The Morgan fingerprint density at radius 2 is 1.72 bits per heavy atom. The van der Waals surface area contributed by atoms with Crippen LogP contribution in [0.2, 0.25) is 0 Å². The van der Waals surface area contributed by atoms with Crippen molar-refractivity contribution in [2.45, 2.75) is 83.3 Å². The van der Waals surface area contributed by atoms with E-state index in [-0.39, 0.29) is 40.6 Å². The fourth-order valence-corrected chi connectivity index (χ4v) is 6.50. The molecule has 0 saturated heterocycles. The Kier molecular flexibility index (Phi) is 6.36. The zero-order valence-corrected chi connectivity index (χ0v) is 21.9. The Bertz CT molecular complexity index is 1400. The number of aliphatic hydroxyl groups excluding tert-OH is 1. The number of hydrogen-bond donors (Lipinski definition) is 1. The largest absolute Gasteiger partial charge is 0.586 e. The van der Waals surface area contributed by atoms with E-state index in [9.17, 15) is 18.3 Å². The van der Waals surface area contributed by atoms with Gasteiger partial charge in [-0.25, -0.2) is 8.78 Å². The molecule has 0 bridgehead atoms. The van der Waals surface area contributed by atoms with Gasteiger partial charge in [-0.2, -0.15) is 0 Å². The molecule has 4 nitrogen and oxygen atoms in total. The number of alkyl halides is 3. The smallest absolute Gasteiger partial charge is 0.395 e. The summed E-state index contributed by atoms with van der Waals surface area (Å²) in [6.07, 6.45) is -1.07. The van der Waals surface area contributed by atoms with Gasteiger partial charge in [-0.1, -0.05) is 44.9 Å². The average Bonchev–Trinajstić information content (AvgIpc) is 3.49. The Balaban J connectivity index is 1.50. The molecule has 206 valence electrons. The fourth-order valence-electron chi connectivity index (χ4n) is 6.50. The van der Waals surface area contributed by atoms with Gasteiger partial charge in [-0.15, -0.1) is 8.78 Å². The van der Waals surface area contributed by atoms with Crippen molar-refractivity contribution < 1.29 is 32.1 Å². The van der Waals surface area contributed by atoms with Crippen LogP contribution in [0.3, 0.4) is 0 Å². The zero-order valence-electron chi connectivity index (χ0n) is 21.9. The number of benzene rings is 2. The number of aliphatic hydroxyl groups is 1. The highest BCUT2D eigenvalue weighted by molar-refractivity contribution is 5.74. The third-order valence-electron chi connectivity index (χ3n) is 8.22. The van der Waals surface area contributed by atoms with Crippen LogP contribution in [0.5, 0.6) is 11.5 Å². The lowest BCUT2D eigenvalue weighted by molar-refractivity contribution is -0.286. The van der Waals surface area contributed by atoms with Crippen LogP contribution in [0.1, 0.15) is 92.2 Å². The molecule has 8 heteroatoms. The molecule has 1 aliphatic heterocycles. The highest BCUT2D eigenvalue weighted by Crippen LogP contribution is 2.49. The van der Waals surface area contributed by atoms with Crippen molar-refractivity contribution in [2.24, 2.45) is 5.41 Å². The molecule has 2 aliphatic carbocycles. The van der Waals surface area contributed by atoms with Crippen molar-refractivity contribution in [3.8, 4) is 22.6 Å². The molecule has 39 heavy (non-hydrogen) atoms. The van der Waals surface area contributed by atoms with Gasteiger partial charge in [-0.05, 0) is 77.6 Å². The van der Waals surface area contributed by atoms with Crippen molar-refractivity contribution in [2.75, 3.05) is 0 Å². The topological polar surface area (TPSA) is 51.6 Å². The van der Waals surface area contributed by atoms with E-state index < -0.39 is 18.6 Å². The molecule has 0 amide bonds. The number of hydrogen-bond acceptors (Lipinski definition) is 4. The molecule has 0 spiro atoms. The highest BCUT2D eigenvalue weighted by Gasteiger charge is 2.44. The lowest BCUT2D eigenvalue weighted by atomic mass is 9.71. The molecule has 2 heterocycles. The number of ether oxygens (including phenoxy) is 2. The van der Waals surface area contributed by atoms with Crippen LogP contribution < -0.4 is 9.47 Å². The Morgan fingerprint density at radius 3 is 2.44 bits per heavy atom. The quantitative estimate of drug-likeness (QED) is 0.332. The van der Waals surface area contributed by atoms with Gasteiger partial charge < -0.3 is 14.6 Å². The van der Waals surface area contributed by atoms with E-state index >= 15 is 4.39 Å². The highest BCUT2D eigenvalue weighted by atomic mass is 19.3. The van der Waals surface area contributed by atoms with Gasteiger partial charge in [0.25, 0.3) is 0 Å². The van der Waals surface area contributed by atoms with Crippen molar-refractivity contribution in [1.82, 2.24) is 4.98 Å². The number of aromatic nitrogens is 1. The fraction of sp³-hybridized carbons (Fsp3) is 0.452. The molecule has 0 radical (unpaired) electrons. The average molecular weight is 542 g/mol. The van der Waals surface area contributed by atoms with Crippen LogP contribution in [0.4, 0.5) is 17.6 Å². The van der Waals surface area contributed by atoms with Gasteiger partial charge in [0.2, 0.25) is 0 Å². The number of halogens is 4. The predicted molar refractivity (Wildman–Crippen MR) is 138 cm³/mol. The lowest BCUT2D eigenvalue weighted by Crippen LogP contribution is -2.28. The maximum Gasteiger partial charge on any atom is 0.586 e. The second-order valence-electron chi connectivity index (χ2n) is 11.8. The van der Waals surface area contributed by atoms with Gasteiger partial charge >= 0.3 is 6.29 Å². The standard InChI is InChI=1S/C31H31F4NO3/c1-30(2)15-23-28(24(37)16-30)27(17-7-10-20(32)11-8-17)21(29(36-23)18-5-3-4-6-18)14-22(33)19-9-12-25-26(13-19)39-31(34,35)38-25/h7-13,18,22,24,37H,3-6,14-16H2,1-2H3. The molecule has 1 aromatic heterocycles. The number of nitrogens with zero attached hydrogens (tertiary/aromatic N) is 1. The first-order chi connectivity index (χ1) is 18.5. The van der Waals surface area contributed by atoms with Gasteiger partial charge in [-0.3, -0.25) is 4.98 Å². The van der Waals surface area contributed by atoms with Crippen LogP contribution in [-0.2, 0) is 12.8 Å². The summed E-state index contributed by atoms with van der Waals surface area (Å²) in [5.41, 5.74) is 4.41. The maximum atomic E-state index is 16.1. The van der Waals surface area contributed by atoms with Crippen molar-refractivity contribution in [1.29, 1.82) is 0 Å². The molecule has 2 aromatic carbocycles. The predicted octanol–water partition coefficient (Wildman–Crippen LogP) is 8.13. The van der Waals surface area contributed by atoms with Crippen LogP contribution in [0, 0.1) is 11.2 Å². The summed E-state index contributed by atoms with van der Waals surface area (Å²) in [5, 5.41) is 11.4. The zero-order chi connectivity index (χ0) is 27.5. The third-order valence-corrected chi connectivity index (χ3v) is 8.22. The van der Waals surface area contributed by atoms with Crippen LogP contribution in [-0.4, -0.2) is 16.4 Å². The number of fused-ring (bicyclic) bond motifs is 2. The summed E-state index contributed by atoms with van der Waals surface area (Å²) in [4.78, 5) is 5.12. The van der Waals surface area contributed by atoms with Crippen molar-refractivity contribution in [3.05, 3.63) is 76.4 Å². The number of pyridine rings is 1. The van der Waals surface area contributed by atoms with Crippen LogP contribution in [0.15, 0.2) is 42.5 Å². The minimum absolute atomic E-state index is 0.0784. The molecule has 3 aromatic rings. The summed E-state index contributed by atoms with van der Waals surface area (Å²) >= 11 is 0. The molecule has 1 N–H and O–H groups in total. The molecule has 3 aliphatic rings. The summed E-state index contributed by atoms with van der Waals surface area (Å²) in [7, 11) is 0. The first-order valence-electron chi connectivity index (χ1n) is 13.5. The van der Waals surface area contributed by atoms with E-state index in [0.29, 0.717) is 35.1 Å². The summed E-state index contributed by atoms with van der Waals surface area (Å²) in [6, 6.07) is 10.0. The first kappa shape index (κ1) is 26.1. The lowest BCUT2D eigenvalue weighted by Gasteiger charge is -2.37. The van der Waals surface area contributed by atoms with Gasteiger partial charge in [0.15, 0.2) is 11.5 Å². The Hall–Kier alpha value is -3.13. The SMILES string of the molecule is CC1(C)Cc2nc(C3CCCC3)c(CC(F)c3ccc4c(c3)OC(F)(F)O4)c(-c3ccc(F)cc3)c2C(O)C1. The van der Waals surface area contributed by atoms with E-state index in [1.165, 1.54) is 30.3 Å². The molecule has 1 saturated carbocycles. The van der Waals surface area contributed by atoms with Gasteiger partial charge in [0.1, 0.15) is 12.0 Å². The van der Waals surface area contributed by atoms with E-state index in [1.807, 2.05) is 0 Å². The molecule has 2 unspecified atom stereocenters. The minimum Gasteiger partial charge on any atom is -0.395 e. The monoisotopic (exact) mass is 541 g/mol. The van der Waals surface area contributed by atoms with Gasteiger partial charge in [0, 0.05) is 29.3 Å². The normalized spacial score (nSPS) is 22.1.